The van der Waals surface area contributed by atoms with Gasteiger partial charge in [0.1, 0.15) is 97.7 Å². The fourth-order valence-electron chi connectivity index (χ4n) is 14.5. The van der Waals surface area contributed by atoms with Crippen molar-refractivity contribution < 1.29 is 104 Å². The van der Waals surface area contributed by atoms with E-state index < -0.39 is 149 Å². The molecule has 28 atom stereocenters. The summed E-state index contributed by atoms with van der Waals surface area (Å²) >= 11 is 0. The maximum Gasteiger partial charge on any atom is 0.187 e. The maximum atomic E-state index is 11.5. The fraction of sp³-hybridized carbons (Fsp3) is 0.961. The highest BCUT2D eigenvalue weighted by Gasteiger charge is 2.60. The van der Waals surface area contributed by atoms with Crippen LogP contribution in [0.2, 0.25) is 0 Å². The second-order valence-corrected chi connectivity index (χ2v) is 23.5. The fourth-order valence-corrected chi connectivity index (χ4v) is 14.5. The van der Waals surface area contributed by atoms with Gasteiger partial charge in [-0.1, -0.05) is 65.5 Å². The average Bonchev–Trinajstić information content (AvgIpc) is 3.72. The third-order valence-electron chi connectivity index (χ3n) is 18.8. The van der Waals surface area contributed by atoms with Crippen LogP contribution >= 0.6 is 0 Å². The molecule has 4 saturated heterocycles. The second-order valence-electron chi connectivity index (χ2n) is 23.5. The van der Waals surface area contributed by atoms with E-state index in [0.29, 0.717) is 30.1 Å². The predicted octanol–water partition coefficient (Wildman–Crippen LogP) is -1.31. The molecule has 0 aromatic carbocycles. The summed E-state index contributed by atoms with van der Waals surface area (Å²) in [6, 6.07) is 0. The van der Waals surface area contributed by atoms with E-state index in [1.165, 1.54) is 50.5 Å². The minimum absolute atomic E-state index is 0.0373. The summed E-state index contributed by atoms with van der Waals surface area (Å²) in [5.74, 6) is 4.22. The molecule has 7 fully saturated rings. The summed E-state index contributed by atoms with van der Waals surface area (Å²) in [5.41, 5.74) is 1.78. The number of allylic oxidation sites excluding steroid dienone is 1. The van der Waals surface area contributed by atoms with Crippen LogP contribution in [0, 0.1) is 46.3 Å². The van der Waals surface area contributed by atoms with Gasteiger partial charge in [-0.3, -0.25) is 0 Å². The maximum absolute atomic E-state index is 11.5. The molecule has 8 aliphatic rings. The van der Waals surface area contributed by atoms with Crippen LogP contribution in [0.5, 0.6) is 0 Å². The molecule has 8 rings (SSSR count). The van der Waals surface area contributed by atoms with Crippen LogP contribution < -0.4 is 0 Å². The summed E-state index contributed by atoms with van der Waals surface area (Å²) in [5, 5.41) is 139. The summed E-state index contributed by atoms with van der Waals surface area (Å²) in [6.07, 6.45) is -19.3. The van der Waals surface area contributed by atoms with E-state index in [-0.39, 0.29) is 11.5 Å². The molecule has 0 radical (unpaired) electrons. The lowest BCUT2D eigenvalue weighted by atomic mass is 9.47. The third-order valence-corrected chi connectivity index (χ3v) is 18.8. The van der Waals surface area contributed by atoms with Crippen molar-refractivity contribution in [2.45, 2.75) is 234 Å². The van der Waals surface area contributed by atoms with Crippen molar-refractivity contribution in [3.05, 3.63) is 11.6 Å². The van der Waals surface area contributed by atoms with Crippen LogP contribution in [0.25, 0.3) is 0 Å². The van der Waals surface area contributed by atoms with Crippen LogP contribution in [-0.2, 0) is 37.9 Å². The van der Waals surface area contributed by atoms with Crippen molar-refractivity contribution in [2.24, 2.45) is 46.3 Å². The van der Waals surface area contributed by atoms with Crippen molar-refractivity contribution in [1.29, 1.82) is 0 Å². The molecular formula is C51H86O21. The van der Waals surface area contributed by atoms with E-state index >= 15 is 0 Å². The minimum Gasteiger partial charge on any atom is -0.394 e. The van der Waals surface area contributed by atoms with Crippen LogP contribution in [-0.4, -0.2) is 222 Å². The van der Waals surface area contributed by atoms with E-state index in [9.17, 15) is 66.4 Å². The monoisotopic (exact) mass is 1030 g/mol. The van der Waals surface area contributed by atoms with E-state index in [1.807, 2.05) is 0 Å². The van der Waals surface area contributed by atoms with Crippen LogP contribution in [0.1, 0.15) is 105 Å². The van der Waals surface area contributed by atoms with Gasteiger partial charge >= 0.3 is 0 Å². The van der Waals surface area contributed by atoms with Gasteiger partial charge in [-0.25, -0.2) is 0 Å². The van der Waals surface area contributed by atoms with Crippen molar-refractivity contribution in [1.82, 2.24) is 0 Å². The number of ether oxygens (including phenoxy) is 8. The first-order valence-electron chi connectivity index (χ1n) is 26.7. The molecule has 0 bridgehead atoms. The van der Waals surface area contributed by atoms with Crippen molar-refractivity contribution in [3.8, 4) is 0 Å². The molecule has 3 saturated carbocycles. The van der Waals surface area contributed by atoms with E-state index in [2.05, 4.69) is 40.7 Å². The van der Waals surface area contributed by atoms with Gasteiger partial charge in [-0.2, -0.15) is 0 Å². The molecule has 0 unspecified atom stereocenters. The first-order chi connectivity index (χ1) is 34.2. The molecule has 21 heteroatoms. The Kier molecular flexibility index (Phi) is 18.6. The van der Waals surface area contributed by atoms with Crippen molar-refractivity contribution in [2.75, 3.05) is 26.4 Å². The zero-order valence-electron chi connectivity index (χ0n) is 42.4. The topological polar surface area (TPSA) is 337 Å². The molecule has 4 aliphatic heterocycles. The highest BCUT2D eigenvalue weighted by molar-refractivity contribution is 5.25. The van der Waals surface area contributed by atoms with Crippen LogP contribution in [0.15, 0.2) is 11.6 Å². The third kappa shape index (κ3) is 11.0. The quantitative estimate of drug-likeness (QED) is 0.0752. The Hall–Kier alpha value is -1.10. The lowest BCUT2D eigenvalue weighted by Crippen LogP contribution is -2.66. The van der Waals surface area contributed by atoms with Gasteiger partial charge in [0.25, 0.3) is 0 Å². The van der Waals surface area contributed by atoms with Gasteiger partial charge in [0.05, 0.1) is 32.5 Å². The first-order valence-corrected chi connectivity index (χ1v) is 26.7. The Balaban J connectivity index is 0.848. The van der Waals surface area contributed by atoms with Crippen molar-refractivity contribution in [3.63, 3.8) is 0 Å². The van der Waals surface area contributed by atoms with Gasteiger partial charge in [-0.15, -0.1) is 0 Å². The van der Waals surface area contributed by atoms with Crippen LogP contribution in [0.4, 0.5) is 0 Å². The Morgan fingerprint density at radius 2 is 1.08 bits per heavy atom. The normalized spacial score (nSPS) is 51.3. The molecule has 0 spiro atoms. The number of fused-ring (bicyclic) bond motifs is 5. The molecule has 0 aromatic heterocycles. The zero-order chi connectivity index (χ0) is 52.1. The number of hydrogen-bond acceptors (Lipinski definition) is 21. The molecular weight excluding hydrogens is 949 g/mol. The lowest BCUT2D eigenvalue weighted by molar-refractivity contribution is -0.374. The zero-order valence-corrected chi connectivity index (χ0v) is 42.4. The summed E-state index contributed by atoms with van der Waals surface area (Å²) in [6.45, 7) is 9.12. The highest BCUT2D eigenvalue weighted by atomic mass is 16.8. The highest BCUT2D eigenvalue weighted by Crippen LogP contribution is 2.67. The Morgan fingerprint density at radius 1 is 0.556 bits per heavy atom. The van der Waals surface area contributed by atoms with Crippen LogP contribution in [0.3, 0.4) is 0 Å². The largest absolute Gasteiger partial charge is 0.394 e. The smallest absolute Gasteiger partial charge is 0.187 e. The summed E-state index contributed by atoms with van der Waals surface area (Å²) < 4.78 is 46.4. The number of rotatable bonds is 17. The van der Waals surface area contributed by atoms with Gasteiger partial charge in [0.2, 0.25) is 0 Å². The lowest BCUT2D eigenvalue weighted by Gasteiger charge is -2.58. The molecule has 416 valence electrons. The average molecular weight is 1040 g/mol. The van der Waals surface area contributed by atoms with Gasteiger partial charge in [0, 0.05) is 0 Å². The molecule has 0 amide bonds. The van der Waals surface area contributed by atoms with Crippen molar-refractivity contribution >= 4 is 0 Å². The second kappa shape index (κ2) is 23.5. The van der Waals surface area contributed by atoms with Gasteiger partial charge < -0.3 is 104 Å². The number of aliphatic hydroxyl groups is 13. The van der Waals surface area contributed by atoms with Gasteiger partial charge in [-0.05, 0) is 97.7 Å². The number of aliphatic hydroxyl groups excluding tert-OH is 13. The Bertz CT molecular complexity index is 1770. The van der Waals surface area contributed by atoms with E-state index in [4.69, 9.17) is 37.9 Å². The molecule has 4 aliphatic carbocycles. The minimum atomic E-state index is -1.93. The summed E-state index contributed by atoms with van der Waals surface area (Å²) in [4.78, 5) is 0. The van der Waals surface area contributed by atoms with Gasteiger partial charge in [0.15, 0.2) is 25.2 Å². The summed E-state index contributed by atoms with van der Waals surface area (Å²) in [7, 11) is 0. The number of hydrogen-bond donors (Lipinski definition) is 13. The molecule has 4 heterocycles. The molecule has 0 aromatic rings. The first kappa shape index (κ1) is 57.1. The predicted molar refractivity (Wildman–Crippen MR) is 250 cm³/mol. The van der Waals surface area contributed by atoms with E-state index in [0.717, 1.165) is 36.5 Å². The molecule has 72 heavy (non-hydrogen) atoms. The standard InChI is InChI=1S/C51H86O21/c1-22(2)7-6-8-23(3)27-11-12-28-26-10-9-24-17-25(13-15-50(24,4)29(26)14-16-51(27,28)5)66-47-43(64)39(60)45(32(20-54)69-47)72-49-41(62)37(58)35(56)33(70-49)21-65-46-42(63)38(59)44(31(19-53)68-46)71-48-40(61)36(57)34(55)30(18-52)67-48/h9,22-23,25-49,52-64H,6-8,10-21H2,1-5H3/t23-,25+,26+,27-,28+,29+,30-,31-,32-,33-,34-,35-,36+,37+,38-,39-,40-,41-,42-,43-,44-,45-,46-,47+,48+,49+,50+,51-/m1/s1. The molecule has 13 N–H and O–H groups in total. The SMILES string of the molecule is CC(C)CCC[C@@H](C)[C@H]1CC[C@H]2[C@@H]3CC=C4C[C@@H](O[C@H]5O[C@H](CO)[C@@H](O[C@@H]6O[C@H](CO[C@@H]7O[C@H](CO)[C@@H](O[C@@H]8O[C@H](CO)[C@@H](O)[C@H](O)[C@H]8O)[C@H](O)[C@H]7O)[C@@H](O)[C@H](O)[C@H]6O)[C@H](O)[C@H]5O)CC[C@]4(C)[C@H]3CC[C@]12C. The Morgan fingerprint density at radius 3 is 1.68 bits per heavy atom. The molecule has 21 nitrogen and oxygen atoms in total. The Labute approximate surface area is 421 Å². The van der Waals surface area contributed by atoms with E-state index in [1.54, 1.807) is 0 Å².